The summed E-state index contributed by atoms with van der Waals surface area (Å²) in [6.07, 6.45) is 3.51. The lowest BCUT2D eigenvalue weighted by atomic mass is 10.0. The Hall–Kier alpha value is -3.10. The number of ether oxygens (including phenoxy) is 1. The molecule has 0 aliphatic carbocycles. The van der Waals surface area contributed by atoms with Crippen LogP contribution in [0.1, 0.15) is 34.8 Å². The number of rotatable bonds is 5. The van der Waals surface area contributed by atoms with Gasteiger partial charge in [-0.05, 0) is 49.4 Å². The van der Waals surface area contributed by atoms with Gasteiger partial charge in [0.2, 0.25) is 5.91 Å². The molecular formula is C23H20BrClN4O2. The molecule has 1 heterocycles. The Morgan fingerprint density at radius 3 is 2.65 bits per heavy atom. The zero-order chi connectivity index (χ0) is 21.8. The fourth-order valence-electron chi connectivity index (χ4n) is 3.24. The van der Waals surface area contributed by atoms with Crippen molar-refractivity contribution >= 4 is 56.8 Å². The first-order valence-corrected chi connectivity index (χ1v) is 9.97. The molecule has 0 unspecified atom stereocenters. The molecule has 3 aromatic rings. The van der Waals surface area contributed by atoms with E-state index in [0.29, 0.717) is 33.5 Å². The van der Waals surface area contributed by atoms with Crippen molar-refractivity contribution < 1.29 is 9.53 Å². The van der Waals surface area contributed by atoms with E-state index in [1.807, 2.05) is 18.2 Å². The maximum absolute atomic E-state index is 12.7. The van der Waals surface area contributed by atoms with Gasteiger partial charge in [-0.3, -0.25) is 9.36 Å². The average Bonchev–Trinajstić information content (AvgIpc) is 3.09. The standard InChI is InChI=1S/C23H19BrN4O2.ClH/c1-14(27)7-23(29)28-13-20(19-10-18(24)4-5-21(19)28)17(12-26)9-16-8-15(11-25)3-6-22(16)30-2;/h3-6,8-10,13-14H,7,27H2,1-2H3;1H/b17-9+;/t14-;/m0./s1. The molecule has 2 aromatic carbocycles. The molecule has 0 radical (unpaired) electrons. The number of benzene rings is 2. The molecule has 0 saturated heterocycles. The van der Waals surface area contributed by atoms with Crippen LogP contribution < -0.4 is 10.5 Å². The third-order valence-corrected chi connectivity index (χ3v) is 5.09. The van der Waals surface area contributed by atoms with Crippen molar-refractivity contribution in [3.05, 3.63) is 63.8 Å². The minimum Gasteiger partial charge on any atom is -0.496 e. The van der Waals surface area contributed by atoms with Crippen molar-refractivity contribution in [2.75, 3.05) is 7.11 Å². The number of nitrogens with zero attached hydrogens (tertiary/aromatic N) is 3. The molecule has 0 bridgehead atoms. The van der Waals surface area contributed by atoms with Gasteiger partial charge in [-0.2, -0.15) is 10.5 Å². The van der Waals surface area contributed by atoms with Gasteiger partial charge in [0.1, 0.15) is 5.75 Å². The van der Waals surface area contributed by atoms with Gasteiger partial charge in [-0.15, -0.1) is 12.4 Å². The van der Waals surface area contributed by atoms with Gasteiger partial charge in [0.25, 0.3) is 0 Å². The quantitative estimate of drug-likeness (QED) is 0.489. The van der Waals surface area contributed by atoms with Crippen LogP contribution in [0.4, 0.5) is 0 Å². The Balaban J connectivity index is 0.00000341. The van der Waals surface area contributed by atoms with E-state index >= 15 is 0 Å². The summed E-state index contributed by atoms with van der Waals surface area (Å²) in [6.45, 7) is 1.77. The van der Waals surface area contributed by atoms with Crippen LogP contribution >= 0.6 is 28.3 Å². The second kappa shape index (κ2) is 10.3. The summed E-state index contributed by atoms with van der Waals surface area (Å²) < 4.78 is 7.74. The Bertz CT molecular complexity index is 1250. The number of methoxy groups -OCH3 is 1. The fraction of sp³-hybridized carbons (Fsp3) is 0.174. The smallest absolute Gasteiger partial charge is 0.232 e. The van der Waals surface area contributed by atoms with E-state index in [1.165, 1.54) is 11.7 Å². The van der Waals surface area contributed by atoms with Crippen LogP contribution in [0.5, 0.6) is 5.75 Å². The number of carbonyl (C=O) groups excluding carboxylic acids is 1. The summed E-state index contributed by atoms with van der Waals surface area (Å²) in [4.78, 5) is 12.7. The van der Waals surface area contributed by atoms with E-state index in [1.54, 1.807) is 37.4 Å². The summed E-state index contributed by atoms with van der Waals surface area (Å²) >= 11 is 3.46. The Morgan fingerprint density at radius 2 is 2.03 bits per heavy atom. The van der Waals surface area contributed by atoms with Gasteiger partial charge < -0.3 is 10.5 Å². The third kappa shape index (κ3) is 5.15. The van der Waals surface area contributed by atoms with E-state index < -0.39 is 0 Å². The summed E-state index contributed by atoms with van der Waals surface area (Å²) in [7, 11) is 1.53. The highest BCUT2D eigenvalue weighted by atomic mass is 79.9. The number of fused-ring (bicyclic) bond motifs is 1. The zero-order valence-electron chi connectivity index (χ0n) is 16.9. The topological polar surface area (TPSA) is 105 Å². The van der Waals surface area contributed by atoms with E-state index in [0.717, 1.165) is 9.86 Å². The minimum absolute atomic E-state index is 0. The van der Waals surface area contributed by atoms with Crippen LogP contribution in [-0.4, -0.2) is 23.6 Å². The first kappa shape index (κ1) is 24.2. The normalized spacial score (nSPS) is 11.9. The molecular weight excluding hydrogens is 480 g/mol. The van der Waals surface area contributed by atoms with Crippen molar-refractivity contribution in [3.8, 4) is 17.9 Å². The maximum atomic E-state index is 12.7. The molecule has 0 aliphatic rings. The van der Waals surface area contributed by atoms with Gasteiger partial charge in [0.15, 0.2) is 0 Å². The highest BCUT2D eigenvalue weighted by Gasteiger charge is 2.18. The first-order chi connectivity index (χ1) is 14.4. The molecule has 0 aliphatic heterocycles. The van der Waals surface area contributed by atoms with Crippen molar-refractivity contribution in [1.29, 1.82) is 10.5 Å². The van der Waals surface area contributed by atoms with Gasteiger partial charge in [-0.1, -0.05) is 15.9 Å². The van der Waals surface area contributed by atoms with Crippen LogP contribution in [-0.2, 0) is 0 Å². The highest BCUT2D eigenvalue weighted by molar-refractivity contribution is 9.10. The SMILES string of the molecule is COc1ccc(C#N)cc1/C=C(\C#N)c1cn(C(=O)C[C@H](C)N)c2ccc(Br)cc12.Cl. The molecule has 31 heavy (non-hydrogen) atoms. The summed E-state index contributed by atoms with van der Waals surface area (Å²) in [5, 5.41) is 19.9. The minimum atomic E-state index is -0.280. The van der Waals surface area contributed by atoms with Crippen LogP contribution in [0.2, 0.25) is 0 Å². The Kier molecular flexibility index (Phi) is 8.01. The lowest BCUT2D eigenvalue weighted by Gasteiger charge is -2.06. The first-order valence-electron chi connectivity index (χ1n) is 9.17. The van der Waals surface area contributed by atoms with Crippen molar-refractivity contribution in [3.63, 3.8) is 0 Å². The molecule has 3 rings (SSSR count). The summed E-state index contributed by atoms with van der Waals surface area (Å²) in [6, 6.07) is 14.6. The van der Waals surface area contributed by atoms with Crippen LogP contribution in [0.25, 0.3) is 22.6 Å². The number of nitriles is 2. The molecule has 8 heteroatoms. The molecule has 1 atom stereocenters. The molecule has 2 N–H and O–H groups in total. The van der Waals surface area contributed by atoms with Crippen LogP contribution in [0, 0.1) is 22.7 Å². The molecule has 0 spiro atoms. The van der Waals surface area contributed by atoms with Gasteiger partial charge in [0.05, 0.1) is 35.9 Å². The highest BCUT2D eigenvalue weighted by Crippen LogP contribution is 2.32. The number of halogens is 2. The Labute approximate surface area is 195 Å². The van der Waals surface area contributed by atoms with Gasteiger partial charge >= 0.3 is 0 Å². The predicted molar refractivity (Wildman–Crippen MR) is 127 cm³/mol. The lowest BCUT2D eigenvalue weighted by molar-refractivity contribution is 0.0901. The summed E-state index contributed by atoms with van der Waals surface area (Å²) in [5.41, 5.74) is 8.51. The summed E-state index contributed by atoms with van der Waals surface area (Å²) in [5.74, 6) is 0.393. The largest absolute Gasteiger partial charge is 0.496 e. The molecule has 0 saturated carbocycles. The monoisotopic (exact) mass is 498 g/mol. The van der Waals surface area contributed by atoms with Crippen molar-refractivity contribution in [2.45, 2.75) is 19.4 Å². The second-order valence-corrected chi connectivity index (χ2v) is 7.80. The van der Waals surface area contributed by atoms with Gasteiger partial charge in [0, 0.05) is 39.6 Å². The van der Waals surface area contributed by atoms with E-state index in [2.05, 4.69) is 28.1 Å². The van der Waals surface area contributed by atoms with Crippen LogP contribution in [0.3, 0.4) is 0 Å². The number of allylic oxidation sites excluding steroid dienone is 1. The van der Waals surface area contributed by atoms with E-state index in [-0.39, 0.29) is 30.8 Å². The second-order valence-electron chi connectivity index (χ2n) is 6.89. The number of nitrogens with two attached hydrogens (primary N) is 1. The third-order valence-electron chi connectivity index (χ3n) is 4.60. The number of hydrogen-bond acceptors (Lipinski definition) is 5. The number of aromatic nitrogens is 1. The van der Waals surface area contributed by atoms with E-state index in [9.17, 15) is 15.3 Å². The molecule has 1 aromatic heterocycles. The molecule has 0 amide bonds. The Morgan fingerprint density at radius 1 is 1.29 bits per heavy atom. The fourth-order valence-corrected chi connectivity index (χ4v) is 3.60. The van der Waals surface area contributed by atoms with Crippen LogP contribution in [0.15, 0.2) is 47.1 Å². The lowest BCUT2D eigenvalue weighted by Crippen LogP contribution is -2.22. The number of carbonyl (C=O) groups is 1. The molecule has 6 nitrogen and oxygen atoms in total. The average molecular weight is 500 g/mol. The van der Waals surface area contributed by atoms with Crippen molar-refractivity contribution in [1.82, 2.24) is 4.57 Å². The number of hydrogen-bond donors (Lipinski definition) is 1. The maximum Gasteiger partial charge on any atom is 0.232 e. The van der Waals surface area contributed by atoms with Crippen molar-refractivity contribution in [2.24, 2.45) is 5.73 Å². The molecule has 0 fully saturated rings. The van der Waals surface area contributed by atoms with Gasteiger partial charge in [-0.25, -0.2) is 0 Å². The zero-order valence-corrected chi connectivity index (χ0v) is 19.3. The predicted octanol–water partition coefficient (Wildman–Crippen LogP) is 5.15. The molecule has 158 valence electrons. The van der Waals surface area contributed by atoms with E-state index in [4.69, 9.17) is 10.5 Å².